The highest BCUT2D eigenvalue weighted by molar-refractivity contribution is 5.03. The molecule has 2 nitrogen and oxygen atoms in total. The maximum Gasteiger partial charge on any atom is 0.0686 e. The van der Waals surface area contributed by atoms with Gasteiger partial charge in [0.05, 0.1) is 6.04 Å². The van der Waals surface area contributed by atoms with Gasteiger partial charge in [0.2, 0.25) is 0 Å². The highest BCUT2D eigenvalue weighted by atomic mass is 15.2. The standard InChI is InChI=1S/C16H28N2/c1-5-15(6-2)17-16-13-8-7-9-14(16)11-18(10-13)12(3)4/h1,12-17H,6-11H2,2-4H3. The summed E-state index contributed by atoms with van der Waals surface area (Å²) in [5.74, 6) is 4.51. The molecular weight excluding hydrogens is 220 g/mol. The Morgan fingerprint density at radius 1 is 1.28 bits per heavy atom. The molecule has 18 heavy (non-hydrogen) atoms. The van der Waals surface area contributed by atoms with Gasteiger partial charge in [-0.15, -0.1) is 6.42 Å². The van der Waals surface area contributed by atoms with Gasteiger partial charge in [0, 0.05) is 25.2 Å². The van der Waals surface area contributed by atoms with E-state index in [-0.39, 0.29) is 6.04 Å². The van der Waals surface area contributed by atoms with Crippen LogP contribution >= 0.6 is 0 Å². The van der Waals surface area contributed by atoms with Gasteiger partial charge in [-0.2, -0.15) is 0 Å². The van der Waals surface area contributed by atoms with E-state index in [1.807, 2.05) is 0 Å². The van der Waals surface area contributed by atoms with Crippen LogP contribution in [0.3, 0.4) is 0 Å². The SMILES string of the molecule is C#CC(CC)NC1C2CCCC1CN(C(C)C)C2. The van der Waals surface area contributed by atoms with Crippen LogP contribution in [-0.4, -0.2) is 36.1 Å². The molecule has 2 fully saturated rings. The molecule has 3 unspecified atom stereocenters. The molecule has 2 bridgehead atoms. The Morgan fingerprint density at radius 3 is 2.33 bits per heavy atom. The van der Waals surface area contributed by atoms with Crippen LogP contribution in [0.1, 0.15) is 46.5 Å². The van der Waals surface area contributed by atoms with E-state index in [9.17, 15) is 0 Å². The third kappa shape index (κ3) is 2.90. The van der Waals surface area contributed by atoms with Crippen molar-refractivity contribution in [2.24, 2.45) is 11.8 Å². The second kappa shape index (κ2) is 6.08. The van der Waals surface area contributed by atoms with Gasteiger partial charge >= 0.3 is 0 Å². The lowest BCUT2D eigenvalue weighted by Crippen LogP contribution is -2.59. The summed E-state index contributed by atoms with van der Waals surface area (Å²) in [5, 5.41) is 3.75. The summed E-state index contributed by atoms with van der Waals surface area (Å²) in [6, 6.07) is 1.61. The zero-order chi connectivity index (χ0) is 13.1. The fourth-order valence-corrected chi connectivity index (χ4v) is 3.68. The van der Waals surface area contributed by atoms with Crippen LogP contribution < -0.4 is 5.32 Å². The van der Waals surface area contributed by atoms with Crippen molar-refractivity contribution in [3.05, 3.63) is 0 Å². The van der Waals surface area contributed by atoms with Crippen molar-refractivity contribution in [1.82, 2.24) is 10.2 Å². The molecule has 0 aromatic rings. The number of piperidine rings is 1. The normalized spacial score (nSPS) is 34.3. The van der Waals surface area contributed by atoms with Crippen LogP contribution in [0.4, 0.5) is 0 Å². The van der Waals surface area contributed by atoms with E-state index in [0.717, 1.165) is 18.3 Å². The highest BCUT2D eigenvalue weighted by Gasteiger charge is 2.40. The zero-order valence-electron chi connectivity index (χ0n) is 12.2. The summed E-state index contributed by atoms with van der Waals surface area (Å²) in [5.41, 5.74) is 0. The van der Waals surface area contributed by atoms with Crippen molar-refractivity contribution in [2.45, 2.75) is 64.6 Å². The molecule has 0 radical (unpaired) electrons. The van der Waals surface area contributed by atoms with E-state index in [1.165, 1.54) is 32.4 Å². The minimum absolute atomic E-state index is 0.267. The first-order valence-corrected chi connectivity index (χ1v) is 7.62. The quantitative estimate of drug-likeness (QED) is 0.769. The average Bonchev–Trinajstić information content (AvgIpc) is 2.34. The molecule has 3 atom stereocenters. The summed E-state index contributed by atoms with van der Waals surface area (Å²) in [6.45, 7) is 9.33. The summed E-state index contributed by atoms with van der Waals surface area (Å²) in [7, 11) is 0. The number of terminal acetylenes is 1. The van der Waals surface area contributed by atoms with Gasteiger partial charge in [0.1, 0.15) is 0 Å². The topological polar surface area (TPSA) is 15.3 Å². The van der Waals surface area contributed by atoms with Gasteiger partial charge in [-0.05, 0) is 44.9 Å². The molecule has 1 aliphatic carbocycles. The number of nitrogens with zero attached hydrogens (tertiary/aromatic N) is 1. The third-order valence-corrected chi connectivity index (χ3v) is 4.84. The van der Waals surface area contributed by atoms with Crippen molar-refractivity contribution < 1.29 is 0 Å². The molecule has 2 heteroatoms. The molecule has 0 aromatic carbocycles. The molecule has 1 saturated heterocycles. The Bertz CT molecular complexity index is 291. The summed E-state index contributed by atoms with van der Waals surface area (Å²) in [4.78, 5) is 2.66. The molecule has 0 aromatic heterocycles. The molecule has 0 amide bonds. The Hall–Kier alpha value is -0.520. The lowest BCUT2D eigenvalue weighted by molar-refractivity contribution is 0.0273. The number of hydrogen-bond acceptors (Lipinski definition) is 2. The first-order valence-electron chi connectivity index (χ1n) is 7.62. The maximum atomic E-state index is 5.60. The predicted molar refractivity (Wildman–Crippen MR) is 77.4 cm³/mol. The van der Waals surface area contributed by atoms with E-state index in [1.54, 1.807) is 0 Å². The smallest absolute Gasteiger partial charge is 0.0686 e. The molecule has 2 aliphatic rings. The van der Waals surface area contributed by atoms with Crippen LogP contribution in [0, 0.1) is 24.2 Å². The first kappa shape index (κ1) is 13.9. The molecule has 1 aliphatic heterocycles. The van der Waals surface area contributed by atoms with E-state index in [4.69, 9.17) is 6.42 Å². The van der Waals surface area contributed by atoms with Gasteiger partial charge in [-0.1, -0.05) is 19.3 Å². The molecule has 102 valence electrons. The Kier molecular flexibility index (Phi) is 4.70. The number of fused-ring (bicyclic) bond motifs is 2. The molecule has 1 saturated carbocycles. The van der Waals surface area contributed by atoms with Crippen molar-refractivity contribution in [1.29, 1.82) is 0 Å². The molecular formula is C16H28N2. The van der Waals surface area contributed by atoms with E-state index in [2.05, 4.69) is 36.9 Å². The van der Waals surface area contributed by atoms with E-state index < -0.39 is 0 Å². The fraction of sp³-hybridized carbons (Fsp3) is 0.875. The Labute approximate surface area is 113 Å². The number of rotatable bonds is 4. The summed E-state index contributed by atoms with van der Waals surface area (Å²) in [6.07, 6.45) is 10.8. The van der Waals surface area contributed by atoms with Crippen LogP contribution in [-0.2, 0) is 0 Å². The van der Waals surface area contributed by atoms with Crippen LogP contribution in [0.5, 0.6) is 0 Å². The molecule has 0 spiro atoms. The van der Waals surface area contributed by atoms with Crippen LogP contribution in [0.2, 0.25) is 0 Å². The van der Waals surface area contributed by atoms with Crippen molar-refractivity contribution >= 4 is 0 Å². The van der Waals surface area contributed by atoms with Crippen molar-refractivity contribution in [3.63, 3.8) is 0 Å². The molecule has 1 N–H and O–H groups in total. The van der Waals surface area contributed by atoms with Crippen molar-refractivity contribution in [3.8, 4) is 12.3 Å². The minimum atomic E-state index is 0.267. The summed E-state index contributed by atoms with van der Waals surface area (Å²) < 4.78 is 0. The molecule has 2 rings (SSSR count). The van der Waals surface area contributed by atoms with Crippen molar-refractivity contribution in [2.75, 3.05) is 13.1 Å². The second-order valence-corrected chi connectivity index (χ2v) is 6.32. The third-order valence-electron chi connectivity index (χ3n) is 4.84. The number of hydrogen-bond donors (Lipinski definition) is 1. The van der Waals surface area contributed by atoms with Gasteiger partial charge < -0.3 is 10.2 Å². The van der Waals surface area contributed by atoms with Gasteiger partial charge in [-0.3, -0.25) is 0 Å². The number of nitrogens with one attached hydrogen (secondary N) is 1. The Morgan fingerprint density at radius 2 is 1.89 bits per heavy atom. The lowest BCUT2D eigenvalue weighted by atomic mass is 9.73. The second-order valence-electron chi connectivity index (χ2n) is 6.32. The summed E-state index contributed by atoms with van der Waals surface area (Å²) >= 11 is 0. The van der Waals surface area contributed by atoms with E-state index in [0.29, 0.717) is 12.1 Å². The van der Waals surface area contributed by atoms with Gasteiger partial charge in [-0.25, -0.2) is 0 Å². The molecule has 1 heterocycles. The average molecular weight is 248 g/mol. The van der Waals surface area contributed by atoms with Gasteiger partial charge in [0.15, 0.2) is 0 Å². The zero-order valence-corrected chi connectivity index (χ0v) is 12.2. The van der Waals surface area contributed by atoms with E-state index >= 15 is 0 Å². The Balaban J connectivity index is 2.02. The fourth-order valence-electron chi connectivity index (χ4n) is 3.68. The van der Waals surface area contributed by atoms with Gasteiger partial charge in [0.25, 0.3) is 0 Å². The maximum absolute atomic E-state index is 5.60. The first-order chi connectivity index (χ1) is 8.65. The highest BCUT2D eigenvalue weighted by Crippen LogP contribution is 2.35. The predicted octanol–water partition coefficient (Wildman–Crippen LogP) is 2.50. The number of likely N-dealkylation sites (tertiary alicyclic amines) is 1. The van der Waals surface area contributed by atoms with Crippen LogP contribution in [0.25, 0.3) is 0 Å². The largest absolute Gasteiger partial charge is 0.300 e. The monoisotopic (exact) mass is 248 g/mol. The lowest BCUT2D eigenvalue weighted by Gasteiger charge is -2.49. The van der Waals surface area contributed by atoms with Crippen LogP contribution in [0.15, 0.2) is 0 Å². The minimum Gasteiger partial charge on any atom is -0.300 e.